The van der Waals surface area contributed by atoms with E-state index in [2.05, 4.69) is 11.1 Å². The van der Waals surface area contributed by atoms with Gasteiger partial charge in [0.25, 0.3) is 0 Å². The van der Waals surface area contributed by atoms with Crippen molar-refractivity contribution in [2.24, 2.45) is 5.73 Å². The number of anilines is 2. The maximum atomic E-state index is 11.7. The van der Waals surface area contributed by atoms with Crippen LogP contribution < -0.4 is 17.2 Å². The average Bonchev–Trinajstić information content (AvgIpc) is 3.26. The first-order valence-corrected chi connectivity index (χ1v) is 10.1. The van der Waals surface area contributed by atoms with E-state index in [1.807, 2.05) is 18.2 Å². The number of aromatic nitrogens is 1. The second kappa shape index (κ2) is 6.73. The number of hydrogen-bond donors (Lipinski definition) is 3. The van der Waals surface area contributed by atoms with E-state index in [9.17, 15) is 10.1 Å². The fourth-order valence-electron chi connectivity index (χ4n) is 2.99. The van der Waals surface area contributed by atoms with Crippen molar-refractivity contribution in [3.05, 3.63) is 51.4 Å². The second-order valence-electron chi connectivity index (χ2n) is 5.89. The van der Waals surface area contributed by atoms with Crippen molar-refractivity contribution in [3.8, 4) is 28.7 Å². The zero-order chi connectivity index (χ0) is 20.0. The van der Waals surface area contributed by atoms with Gasteiger partial charge in [0.2, 0.25) is 0 Å². The first-order chi connectivity index (χ1) is 13.4. The molecule has 28 heavy (non-hydrogen) atoms. The van der Waals surface area contributed by atoms with Crippen LogP contribution in [0.2, 0.25) is 5.02 Å². The summed E-state index contributed by atoms with van der Waals surface area (Å²) >= 11 is 5.75. The molecule has 4 rings (SSSR count). The molecule has 1 aromatic carbocycles. The standard InChI is InChI=1S/C19H12ClN5O2Se/c20-10-4-2-1-3-8(10)11-5-6-12(27-11)13-9(7-21)17(23)25-19-14(13)15(22)16(28-19)18(24)26/h1-6H,22H2,(H2,23,25)(H2,24,26). The first-order valence-electron chi connectivity index (χ1n) is 7.98. The summed E-state index contributed by atoms with van der Waals surface area (Å²) in [5.41, 5.74) is 19.1. The van der Waals surface area contributed by atoms with Crippen molar-refractivity contribution in [1.29, 1.82) is 5.26 Å². The summed E-state index contributed by atoms with van der Waals surface area (Å²) in [5, 5.41) is 10.6. The van der Waals surface area contributed by atoms with Gasteiger partial charge in [0, 0.05) is 0 Å². The Morgan fingerprint density at radius 1 is 1.18 bits per heavy atom. The van der Waals surface area contributed by atoms with Crippen molar-refractivity contribution >= 4 is 53.3 Å². The molecule has 3 heterocycles. The number of nitrogens with two attached hydrogens (primary N) is 3. The Morgan fingerprint density at radius 2 is 1.89 bits per heavy atom. The van der Waals surface area contributed by atoms with Gasteiger partial charge in [-0.25, -0.2) is 0 Å². The minimum absolute atomic E-state index is 0.0485. The van der Waals surface area contributed by atoms with E-state index in [0.717, 1.165) is 0 Å². The van der Waals surface area contributed by atoms with Crippen LogP contribution in [-0.2, 0) is 0 Å². The van der Waals surface area contributed by atoms with Gasteiger partial charge in [0.1, 0.15) is 0 Å². The topological polar surface area (TPSA) is 145 Å². The Bertz CT molecular complexity index is 1300. The van der Waals surface area contributed by atoms with E-state index in [0.29, 0.717) is 41.9 Å². The van der Waals surface area contributed by atoms with E-state index >= 15 is 0 Å². The number of pyridine rings is 1. The molecular weight excluding hydrogens is 445 g/mol. The summed E-state index contributed by atoms with van der Waals surface area (Å²) in [5.74, 6) is 0.332. The number of fused-ring (bicyclic) bond motifs is 1. The van der Waals surface area contributed by atoms with E-state index in [-0.39, 0.29) is 17.1 Å². The predicted octanol–water partition coefficient (Wildman–Crippen LogP) is 3.01. The molecule has 7 nitrogen and oxygen atoms in total. The normalized spacial score (nSPS) is 10.9. The van der Waals surface area contributed by atoms with Crippen LogP contribution in [0.25, 0.3) is 32.4 Å². The number of carbonyl (C=O) groups excluding carboxylic acids is 1. The molecule has 6 N–H and O–H groups in total. The average molecular weight is 457 g/mol. The summed E-state index contributed by atoms with van der Waals surface area (Å²) in [6, 6.07) is 12.7. The van der Waals surface area contributed by atoms with Gasteiger partial charge < -0.3 is 0 Å². The molecular formula is C19H12ClN5O2Se. The van der Waals surface area contributed by atoms with Crippen molar-refractivity contribution in [2.75, 3.05) is 11.5 Å². The molecule has 0 saturated heterocycles. The molecule has 4 aromatic rings. The van der Waals surface area contributed by atoms with E-state index < -0.39 is 20.4 Å². The Morgan fingerprint density at radius 3 is 2.57 bits per heavy atom. The molecule has 0 spiro atoms. The van der Waals surface area contributed by atoms with Crippen molar-refractivity contribution in [3.63, 3.8) is 0 Å². The van der Waals surface area contributed by atoms with Gasteiger partial charge in [0.05, 0.1) is 0 Å². The third-order valence-corrected chi connectivity index (χ3v) is 6.90. The van der Waals surface area contributed by atoms with Crippen LogP contribution in [0, 0.1) is 11.3 Å². The van der Waals surface area contributed by atoms with E-state index in [1.165, 1.54) is 0 Å². The number of halogens is 1. The van der Waals surface area contributed by atoms with Gasteiger partial charge in [-0.3, -0.25) is 0 Å². The molecule has 0 unspecified atom stereocenters. The third kappa shape index (κ3) is 2.74. The van der Waals surface area contributed by atoms with Gasteiger partial charge in [-0.2, -0.15) is 0 Å². The maximum absolute atomic E-state index is 11.7. The number of nitrogens with zero attached hydrogens (tertiary/aromatic N) is 2. The predicted molar refractivity (Wildman–Crippen MR) is 109 cm³/mol. The number of rotatable bonds is 3. The number of benzene rings is 1. The molecule has 0 radical (unpaired) electrons. The van der Waals surface area contributed by atoms with Gasteiger partial charge in [0.15, 0.2) is 0 Å². The van der Waals surface area contributed by atoms with Crippen LogP contribution in [0.5, 0.6) is 0 Å². The van der Waals surface area contributed by atoms with Gasteiger partial charge in [-0.1, -0.05) is 0 Å². The fraction of sp³-hybridized carbons (Fsp3) is 0. The molecule has 0 atom stereocenters. The minimum atomic E-state index is -0.616. The van der Waals surface area contributed by atoms with Crippen LogP contribution in [0.3, 0.4) is 0 Å². The molecule has 0 aliphatic carbocycles. The molecule has 0 aliphatic heterocycles. The summed E-state index contributed by atoms with van der Waals surface area (Å²) in [4.78, 5) is 16.0. The number of primary amides is 1. The quantitative estimate of drug-likeness (QED) is 0.404. The molecule has 3 aromatic heterocycles. The molecule has 9 heteroatoms. The molecule has 0 fully saturated rings. The zero-order valence-corrected chi connectivity index (χ0v) is 16.7. The van der Waals surface area contributed by atoms with Crippen molar-refractivity contribution in [2.45, 2.75) is 0 Å². The van der Waals surface area contributed by atoms with Crippen LogP contribution >= 0.6 is 11.6 Å². The summed E-state index contributed by atoms with van der Waals surface area (Å²) in [6.45, 7) is 0. The molecule has 0 bridgehead atoms. The number of carbonyl (C=O) groups is 1. The molecule has 138 valence electrons. The number of nitriles is 1. The van der Waals surface area contributed by atoms with Crippen LogP contribution in [0.1, 0.15) is 14.8 Å². The first kappa shape index (κ1) is 18.1. The summed E-state index contributed by atoms with van der Waals surface area (Å²) in [7, 11) is 0. The van der Waals surface area contributed by atoms with Crippen LogP contribution in [0.15, 0.2) is 40.8 Å². The van der Waals surface area contributed by atoms with E-state index in [4.69, 9.17) is 33.2 Å². The molecule has 1 amide bonds. The monoisotopic (exact) mass is 457 g/mol. The van der Waals surface area contributed by atoms with Crippen LogP contribution in [-0.4, -0.2) is 25.4 Å². The SMILES string of the molecule is N#Cc1c(N)nc2[se]c(C(N)=O)c(N)c2c1-c1ccc(-c2ccccc2Cl)o1. The van der Waals surface area contributed by atoms with E-state index in [1.54, 1.807) is 18.2 Å². The number of furan rings is 1. The number of nitrogen functional groups attached to an aromatic ring is 2. The Balaban J connectivity index is 2.02. The van der Waals surface area contributed by atoms with Crippen LogP contribution in [0.4, 0.5) is 11.5 Å². The number of hydrogen-bond acceptors (Lipinski definition) is 6. The summed E-state index contributed by atoms with van der Waals surface area (Å²) in [6.07, 6.45) is 0. The Hall–Kier alpha value is -3.24. The second-order valence-corrected chi connectivity index (χ2v) is 8.40. The van der Waals surface area contributed by atoms with Gasteiger partial charge in [-0.05, 0) is 0 Å². The zero-order valence-electron chi connectivity index (χ0n) is 14.2. The van der Waals surface area contributed by atoms with Crippen molar-refractivity contribution < 1.29 is 9.21 Å². The Labute approximate surface area is 170 Å². The van der Waals surface area contributed by atoms with Gasteiger partial charge in [-0.15, -0.1) is 0 Å². The summed E-state index contributed by atoms with van der Waals surface area (Å²) < 4.78 is 6.83. The number of amides is 1. The van der Waals surface area contributed by atoms with Crippen molar-refractivity contribution in [1.82, 2.24) is 4.98 Å². The molecule has 0 saturated carbocycles. The fourth-order valence-corrected chi connectivity index (χ4v) is 5.24. The molecule has 0 aliphatic rings. The van der Waals surface area contributed by atoms with Gasteiger partial charge >= 0.3 is 170 Å². The Kier molecular flexibility index (Phi) is 4.36. The third-order valence-electron chi connectivity index (χ3n) is 4.23.